The van der Waals surface area contributed by atoms with Crippen LogP contribution in [-0.2, 0) is 10.0 Å². The Bertz CT molecular complexity index is 1600. The summed E-state index contributed by atoms with van der Waals surface area (Å²) in [6, 6.07) is 6.55. The van der Waals surface area contributed by atoms with E-state index < -0.39 is 27.3 Å². The van der Waals surface area contributed by atoms with E-state index in [2.05, 4.69) is 22.2 Å². The van der Waals surface area contributed by atoms with Gasteiger partial charge >= 0.3 is 11.7 Å². The molecule has 0 aliphatic heterocycles. The van der Waals surface area contributed by atoms with Crippen molar-refractivity contribution in [3.8, 4) is 0 Å². The molecule has 3 rings (SSSR count). The highest BCUT2D eigenvalue weighted by Crippen LogP contribution is 2.25. The molecule has 36 heavy (non-hydrogen) atoms. The first kappa shape index (κ1) is 26.8. The zero-order valence-electron chi connectivity index (χ0n) is 19.0. The maximum Gasteiger partial charge on any atom is 0.334 e. The Balaban J connectivity index is 1.83. The highest BCUT2D eigenvalue weighted by atomic mass is 35.5. The maximum absolute atomic E-state index is 12.9. The van der Waals surface area contributed by atoms with Gasteiger partial charge in [-0.15, -0.1) is 11.3 Å². The summed E-state index contributed by atoms with van der Waals surface area (Å²) in [6.45, 7) is 6.29. The summed E-state index contributed by atoms with van der Waals surface area (Å²) in [4.78, 5) is 40.3. The van der Waals surface area contributed by atoms with Gasteiger partial charge in [0.15, 0.2) is 0 Å². The van der Waals surface area contributed by atoms with Gasteiger partial charge in [0.25, 0.3) is 15.6 Å². The number of rotatable bonds is 9. The van der Waals surface area contributed by atoms with Crippen molar-refractivity contribution in [2.45, 2.75) is 17.6 Å². The number of amides is 2. The van der Waals surface area contributed by atoms with Crippen LogP contribution in [0.1, 0.15) is 13.3 Å². The normalized spacial score (nSPS) is 12.4. The van der Waals surface area contributed by atoms with Crippen molar-refractivity contribution in [2.75, 3.05) is 11.9 Å². The largest absolute Gasteiger partial charge is 0.385 e. The van der Waals surface area contributed by atoms with Gasteiger partial charge in [-0.05, 0) is 55.0 Å². The zero-order chi connectivity index (χ0) is 26.5. The summed E-state index contributed by atoms with van der Waals surface area (Å²) in [5.74, 6) is -0.237. The minimum Gasteiger partial charge on any atom is -0.385 e. The topological polar surface area (TPSA) is 168 Å². The molecule has 190 valence electrons. The number of sulfonamides is 1. The van der Waals surface area contributed by atoms with E-state index in [4.69, 9.17) is 17.3 Å². The fraction of sp³-hybridized carbons (Fsp3) is 0.136. The maximum atomic E-state index is 12.9. The molecule has 0 bridgehead atoms. The lowest BCUT2D eigenvalue weighted by Crippen LogP contribution is -2.38. The van der Waals surface area contributed by atoms with E-state index in [1.54, 1.807) is 18.2 Å². The molecule has 0 saturated carbocycles. The lowest BCUT2D eigenvalue weighted by atomic mass is 10.2. The standard InChI is InChI=1S/C22H23ClN6O5S2/c1-3-11-25-14-5-7-15-16(12-14)27-22(32)29(20(15)30)18(24)9-6-13(4-2)26-21(31)28-36(33,34)19-10-8-17(23)35-19/h4-10,12,25H,2-3,11,24H2,1H3,(H,27,32)(H2,26,28,31)/b13-6+,18-9+. The zero-order valence-corrected chi connectivity index (χ0v) is 21.4. The average molecular weight is 551 g/mol. The van der Waals surface area contributed by atoms with E-state index in [0.29, 0.717) is 5.52 Å². The number of carbonyl (C=O) groups is 1. The van der Waals surface area contributed by atoms with Crippen LogP contribution >= 0.6 is 22.9 Å². The fourth-order valence-corrected chi connectivity index (χ4v) is 5.40. The number of H-pyrrole nitrogens is 1. The molecule has 2 aromatic heterocycles. The van der Waals surface area contributed by atoms with Crippen LogP contribution in [0.25, 0.3) is 16.7 Å². The third kappa shape index (κ3) is 6.24. The Morgan fingerprint density at radius 3 is 2.64 bits per heavy atom. The van der Waals surface area contributed by atoms with Crippen LogP contribution in [0.5, 0.6) is 0 Å². The number of nitrogens with zero attached hydrogens (tertiary/aromatic N) is 1. The van der Waals surface area contributed by atoms with Crippen molar-refractivity contribution in [3.63, 3.8) is 0 Å². The van der Waals surface area contributed by atoms with Crippen LogP contribution in [0.2, 0.25) is 4.34 Å². The first-order valence-corrected chi connectivity index (χ1v) is 13.2. The van der Waals surface area contributed by atoms with Crippen LogP contribution < -0.4 is 32.3 Å². The number of fused-ring (bicyclic) bond motifs is 1. The summed E-state index contributed by atoms with van der Waals surface area (Å²) in [5, 5.41) is 5.72. The Kier molecular flexibility index (Phi) is 8.40. The van der Waals surface area contributed by atoms with Gasteiger partial charge in [-0.25, -0.2) is 27.3 Å². The molecule has 0 radical (unpaired) electrons. The Hall–Kier alpha value is -3.81. The molecule has 1 aromatic carbocycles. The first-order valence-electron chi connectivity index (χ1n) is 10.5. The van der Waals surface area contributed by atoms with Crippen LogP contribution in [0, 0.1) is 0 Å². The van der Waals surface area contributed by atoms with Gasteiger partial charge in [0, 0.05) is 17.9 Å². The van der Waals surface area contributed by atoms with Crippen molar-refractivity contribution in [1.29, 1.82) is 0 Å². The number of carbonyl (C=O) groups excluding carboxylic acids is 1. The average Bonchev–Trinajstić information content (AvgIpc) is 3.27. The van der Waals surface area contributed by atoms with Gasteiger partial charge in [-0.3, -0.25) is 4.79 Å². The molecular formula is C22H23ClN6O5S2. The number of nitrogens with two attached hydrogens (primary N) is 1. The minimum atomic E-state index is -4.13. The molecule has 0 saturated heterocycles. The SMILES string of the molecule is C=C/C(=C\C=C(/N)n1c(=O)[nH]c2cc(NCCC)ccc2c1=O)NC(=O)NS(=O)(=O)c1ccc(Cl)s1. The van der Waals surface area contributed by atoms with Gasteiger partial charge in [-0.2, -0.15) is 0 Å². The molecule has 0 spiro atoms. The minimum absolute atomic E-state index is 0.0479. The molecule has 0 fully saturated rings. The lowest BCUT2D eigenvalue weighted by Gasteiger charge is -2.09. The number of anilines is 1. The smallest absolute Gasteiger partial charge is 0.334 e. The molecule has 0 aliphatic carbocycles. The third-order valence-electron chi connectivity index (χ3n) is 4.69. The van der Waals surface area contributed by atoms with Crippen molar-refractivity contribution >= 4 is 61.4 Å². The second kappa shape index (κ2) is 11.3. The number of halogens is 1. The number of hydrogen-bond acceptors (Lipinski definition) is 8. The van der Waals surface area contributed by atoms with E-state index in [9.17, 15) is 22.8 Å². The predicted octanol–water partition coefficient (Wildman–Crippen LogP) is 2.74. The van der Waals surface area contributed by atoms with Crippen LogP contribution in [0.15, 0.2) is 74.6 Å². The van der Waals surface area contributed by atoms with Crippen molar-refractivity contribution in [1.82, 2.24) is 19.6 Å². The molecule has 0 atom stereocenters. The van der Waals surface area contributed by atoms with Crippen LogP contribution in [0.3, 0.4) is 0 Å². The molecule has 2 amide bonds. The summed E-state index contributed by atoms with van der Waals surface area (Å²) < 4.78 is 27.2. The van der Waals surface area contributed by atoms with E-state index >= 15 is 0 Å². The van der Waals surface area contributed by atoms with E-state index in [-0.39, 0.29) is 25.4 Å². The number of nitrogens with one attached hydrogen (secondary N) is 4. The molecule has 0 unspecified atom stereocenters. The van der Waals surface area contributed by atoms with Gasteiger partial charge in [0.05, 0.1) is 15.2 Å². The van der Waals surface area contributed by atoms with Gasteiger partial charge in [0.2, 0.25) is 0 Å². The lowest BCUT2D eigenvalue weighted by molar-refractivity contribution is 0.248. The van der Waals surface area contributed by atoms with E-state index in [1.807, 2.05) is 11.6 Å². The third-order valence-corrected chi connectivity index (χ3v) is 7.74. The molecule has 11 nitrogen and oxygen atoms in total. The molecule has 2 heterocycles. The summed E-state index contributed by atoms with van der Waals surface area (Å²) in [7, 11) is -4.13. The number of aromatic amines is 1. The fourth-order valence-electron chi connectivity index (χ4n) is 3.01. The van der Waals surface area contributed by atoms with Crippen LogP contribution in [0.4, 0.5) is 10.5 Å². The number of hydrogen-bond donors (Lipinski definition) is 5. The second-order valence-electron chi connectivity index (χ2n) is 7.29. The van der Waals surface area contributed by atoms with Gasteiger partial charge in [0.1, 0.15) is 10.0 Å². The molecule has 6 N–H and O–H groups in total. The van der Waals surface area contributed by atoms with E-state index in [0.717, 1.165) is 34.6 Å². The Morgan fingerprint density at radius 1 is 1.25 bits per heavy atom. The molecular weight excluding hydrogens is 528 g/mol. The van der Waals surface area contributed by atoms with Crippen molar-refractivity contribution < 1.29 is 13.2 Å². The summed E-state index contributed by atoms with van der Waals surface area (Å²) in [5.41, 5.74) is 5.74. The highest BCUT2D eigenvalue weighted by Gasteiger charge is 2.20. The summed E-state index contributed by atoms with van der Waals surface area (Å²) >= 11 is 6.53. The highest BCUT2D eigenvalue weighted by molar-refractivity contribution is 7.92. The molecule has 0 aliphatic rings. The second-order valence-corrected chi connectivity index (χ2v) is 10.9. The number of aromatic nitrogens is 2. The first-order chi connectivity index (χ1) is 17.1. The summed E-state index contributed by atoms with van der Waals surface area (Å²) in [6.07, 6.45) is 4.58. The van der Waals surface area contributed by atoms with E-state index in [1.165, 1.54) is 30.4 Å². The number of urea groups is 1. The van der Waals surface area contributed by atoms with Gasteiger partial charge < -0.3 is 21.4 Å². The Morgan fingerprint density at radius 2 is 2.00 bits per heavy atom. The van der Waals surface area contributed by atoms with Crippen molar-refractivity contribution in [2.24, 2.45) is 5.73 Å². The van der Waals surface area contributed by atoms with Crippen LogP contribution in [-0.4, -0.2) is 30.5 Å². The molecule has 3 aromatic rings. The Labute approximate surface area is 215 Å². The molecule has 14 heteroatoms. The van der Waals surface area contributed by atoms with Crippen molar-refractivity contribution in [3.05, 3.63) is 86.0 Å². The number of allylic oxidation sites excluding steroid dienone is 3. The number of thiophene rings is 1. The number of benzene rings is 1. The van der Waals surface area contributed by atoms with Gasteiger partial charge in [-0.1, -0.05) is 25.1 Å². The quantitative estimate of drug-likeness (QED) is 0.255. The monoisotopic (exact) mass is 550 g/mol. The predicted molar refractivity (Wildman–Crippen MR) is 143 cm³/mol.